The summed E-state index contributed by atoms with van der Waals surface area (Å²) in [5.74, 6) is 0. The quantitative estimate of drug-likeness (QED) is 0.206. The van der Waals surface area contributed by atoms with Gasteiger partial charge in [0, 0.05) is 0 Å². The first-order valence-corrected chi connectivity index (χ1v) is 0. The minimum Gasteiger partial charge on any atom is -2.00 e. The minimum absolute atomic E-state index is 0. The summed E-state index contributed by atoms with van der Waals surface area (Å²) < 4.78 is 0. The van der Waals surface area contributed by atoms with Gasteiger partial charge in [0.2, 0.25) is 0 Å². The van der Waals surface area contributed by atoms with Crippen LogP contribution in [0, 0.1) is 0 Å². The fraction of sp³-hybridized carbons (Fsp3) is 0. The van der Waals surface area contributed by atoms with Crippen LogP contribution in [0.15, 0.2) is 0 Å². The third kappa shape index (κ3) is 1900. The molecule has 0 aliphatic heterocycles. The fourth-order valence-corrected chi connectivity index (χ4v) is 0. The van der Waals surface area contributed by atoms with Crippen molar-refractivity contribution in [1.29, 1.82) is 0 Å². The molecule has 0 heterocycles. The topological polar surface area (TPSA) is 1140 Å². The number of hydrogen-bond acceptors (Lipinski definition) is 0. The van der Waals surface area contributed by atoms with E-state index in [1.807, 2.05) is 0 Å². The molecular weight excluding hydrogens is 3190 g/mol. The van der Waals surface area contributed by atoms with Crippen LogP contribution in [-0.2, 0) is 979 Å². The number of hydrogen-bond donors (Lipinski definition) is 0. The molecule has 79 heteroatoms. The van der Waals surface area contributed by atoms with Crippen molar-refractivity contribution in [2.24, 2.45) is 0 Å². The van der Waals surface area contributed by atoms with Gasteiger partial charge in [-0.05, 0) is 0 Å². The maximum absolute atomic E-state index is 0. The third-order valence-electron chi connectivity index (χ3n) is 0. The van der Waals surface area contributed by atoms with E-state index in [1.54, 1.807) is 0 Å². The van der Waals surface area contributed by atoms with Gasteiger partial charge >= 0.3 is 760 Å². The van der Waals surface area contributed by atoms with Gasteiger partial charge in [0.1, 0.15) is 0 Å². The van der Waals surface area contributed by atoms with Crippen molar-refractivity contribution in [3.8, 4) is 0 Å². The maximum atomic E-state index is 0. The monoisotopic (exact) mass is 3130 g/mol. The van der Waals surface area contributed by atoms with E-state index in [2.05, 4.69) is 0 Å². The van der Waals surface area contributed by atoms with Gasteiger partial charge in [-0.1, -0.05) is 0 Å². The van der Waals surface area contributed by atoms with Crippen molar-refractivity contribution in [2.75, 3.05) is 0 Å². The molecule has 0 unspecified atom stereocenters. The summed E-state index contributed by atoms with van der Waals surface area (Å²) in [6.45, 7) is 0. The molecule has 0 aromatic carbocycles. The largest absolute Gasteiger partial charge is 2.00 e. The van der Waals surface area contributed by atoms with Crippen LogP contribution in [0.4, 0.5) is 0 Å². The minimum atomic E-state index is 0. The predicted molar refractivity (Wildman–Crippen MR) is 27.5 cm³/mol. The van der Waals surface area contributed by atoms with E-state index >= 15 is 0 Å². The zero-order valence-corrected chi connectivity index (χ0v) is 160. The maximum Gasteiger partial charge on any atom is 2.00 e. The molecule has 79 heavy (non-hydrogen) atoms. The van der Waals surface area contributed by atoms with Gasteiger partial charge in [-0.2, -0.15) is 0 Å². The van der Waals surface area contributed by atoms with Gasteiger partial charge in [0.25, 0.3) is 0 Å². The van der Waals surface area contributed by atoms with Crippen molar-refractivity contribution >= 4 is 0 Å². The van der Waals surface area contributed by atoms with Crippen LogP contribution in [0.25, 0.3) is 0 Å². The van der Waals surface area contributed by atoms with Gasteiger partial charge in [0.05, 0.1) is 0 Å². The molecule has 0 aromatic rings. The molecule has 0 bridgehead atoms. The Hall–Kier alpha value is 22.7. The van der Waals surface area contributed by atoms with Gasteiger partial charge in [-0.3, -0.25) is 0 Å². The van der Waals surface area contributed by atoms with E-state index in [0.717, 1.165) is 0 Å². The first kappa shape index (κ1) is 2000. The molecular formula is O40Zn39-2. The molecule has 0 saturated carbocycles. The summed E-state index contributed by atoms with van der Waals surface area (Å²) >= 11 is 0. The second-order valence-electron chi connectivity index (χ2n) is 0. The van der Waals surface area contributed by atoms with Crippen LogP contribution < -0.4 is 0 Å². The molecule has 0 spiro atoms. The molecule has 320 valence electrons. The van der Waals surface area contributed by atoms with Crippen molar-refractivity contribution < 1.29 is 979 Å². The zero-order valence-electron chi connectivity index (χ0n) is 43.9. The van der Waals surface area contributed by atoms with E-state index in [1.165, 1.54) is 0 Å². The standard InChI is InChI=1S/40O.39Zn/q40*-2;39*+2. The van der Waals surface area contributed by atoms with Crippen LogP contribution in [0.1, 0.15) is 0 Å². The fourth-order valence-electron chi connectivity index (χ4n) is 0. The molecule has 0 amide bonds. The van der Waals surface area contributed by atoms with Crippen molar-refractivity contribution in [3.05, 3.63) is 0 Å². The average Bonchev–Trinajstić information content (AvgIpc) is 0. The van der Waals surface area contributed by atoms with Crippen molar-refractivity contribution in [3.63, 3.8) is 0 Å². The second-order valence-corrected chi connectivity index (χ2v) is 0. The Labute approximate surface area is 957 Å². The summed E-state index contributed by atoms with van der Waals surface area (Å²) in [4.78, 5) is 0. The molecule has 40 nitrogen and oxygen atoms in total. The summed E-state index contributed by atoms with van der Waals surface area (Å²) in [5, 5.41) is 0. The Morgan fingerprint density at radius 3 is 0.0253 bits per heavy atom. The van der Waals surface area contributed by atoms with Crippen LogP contribution in [0.2, 0.25) is 0 Å². The van der Waals surface area contributed by atoms with Crippen LogP contribution in [-0.4, -0.2) is 0 Å². The predicted octanol–water partition coefficient (Wildman–Crippen LogP) is -4.85. The first-order chi connectivity index (χ1) is 0. The molecule has 0 aromatic heterocycles. The van der Waals surface area contributed by atoms with Crippen LogP contribution >= 0.6 is 0 Å². The molecule has 0 N–H and O–H groups in total. The smallest absolute Gasteiger partial charge is 2.00 e. The van der Waals surface area contributed by atoms with Crippen LogP contribution in [0.3, 0.4) is 0 Å². The molecule has 0 aliphatic rings. The molecule has 0 atom stereocenters. The van der Waals surface area contributed by atoms with E-state index in [-0.39, 0.29) is 979 Å². The van der Waals surface area contributed by atoms with Gasteiger partial charge in [-0.15, -0.1) is 0 Å². The van der Waals surface area contributed by atoms with E-state index < -0.39 is 0 Å². The Morgan fingerprint density at radius 2 is 0.0253 bits per heavy atom. The molecule has 0 fully saturated rings. The van der Waals surface area contributed by atoms with Gasteiger partial charge < -0.3 is 219 Å². The van der Waals surface area contributed by atoms with Crippen molar-refractivity contribution in [1.82, 2.24) is 0 Å². The number of rotatable bonds is 0. The summed E-state index contributed by atoms with van der Waals surface area (Å²) in [6, 6.07) is 0. The SMILES string of the molecule is [O-2].[O-2].[O-2].[O-2].[O-2].[O-2].[O-2].[O-2].[O-2].[O-2].[O-2].[O-2].[O-2].[O-2].[O-2].[O-2].[O-2].[O-2].[O-2].[O-2].[O-2].[O-2].[O-2].[O-2].[O-2].[O-2].[O-2].[O-2].[O-2].[O-2].[O-2].[O-2].[O-2].[O-2].[O-2].[O-2].[O-2].[O-2].[O-2].[O-2].[Zn+2].[Zn+2].[Zn+2].[Zn+2].[Zn+2].[Zn+2].[Zn+2].[Zn+2].[Zn+2].[Zn+2].[Zn+2].[Zn+2].[Zn+2].[Zn+2].[Zn+2].[Zn+2].[Zn+2].[Zn+2].[Zn+2].[Zn+2].[Zn+2].[Zn+2].[Zn+2].[Zn+2].[Zn+2].[Zn+2].[Zn+2].[Zn+2].[Zn+2].[Zn+2].[Zn+2].[Zn+2].[Zn+2].[Zn+2].[Zn+2].[Zn+2].[Zn+2].[Zn+2].[Zn+2]. The Morgan fingerprint density at radius 1 is 0.0253 bits per heavy atom. The molecule has 0 aliphatic carbocycles. The Balaban J connectivity index is 0. The average molecular weight is 3190 g/mol. The summed E-state index contributed by atoms with van der Waals surface area (Å²) in [6.07, 6.45) is 0. The molecule has 0 saturated heterocycles. The van der Waals surface area contributed by atoms with E-state index in [0.29, 0.717) is 0 Å². The normalized spacial score (nSPS) is 0. The van der Waals surface area contributed by atoms with Crippen molar-refractivity contribution in [2.45, 2.75) is 0 Å². The Kier molecular flexibility index (Phi) is 49100. The third-order valence-corrected chi connectivity index (χ3v) is 0. The van der Waals surface area contributed by atoms with Crippen LogP contribution in [0.5, 0.6) is 0 Å². The van der Waals surface area contributed by atoms with E-state index in [4.69, 9.17) is 0 Å². The van der Waals surface area contributed by atoms with Gasteiger partial charge in [-0.25, -0.2) is 0 Å². The zero-order chi connectivity index (χ0) is 0. The van der Waals surface area contributed by atoms with E-state index in [9.17, 15) is 0 Å². The first-order valence-electron chi connectivity index (χ1n) is 0. The summed E-state index contributed by atoms with van der Waals surface area (Å²) in [5.41, 5.74) is 0. The van der Waals surface area contributed by atoms with Gasteiger partial charge in [0.15, 0.2) is 0 Å². The molecule has 0 rings (SSSR count). The molecule has 0 radical (unpaired) electrons. The summed E-state index contributed by atoms with van der Waals surface area (Å²) in [7, 11) is 0. The Bertz CT molecular complexity index is 79.0. The second kappa shape index (κ2) is 1940.